The van der Waals surface area contributed by atoms with Gasteiger partial charge >= 0.3 is 0 Å². The van der Waals surface area contributed by atoms with E-state index in [2.05, 4.69) is 40.4 Å². The highest BCUT2D eigenvalue weighted by molar-refractivity contribution is 6.69. The first-order valence-electron chi connectivity index (χ1n) is 6.38. The van der Waals surface area contributed by atoms with Gasteiger partial charge in [-0.05, 0) is 38.9 Å². The summed E-state index contributed by atoms with van der Waals surface area (Å²) in [6.45, 7) is 15.4. The van der Waals surface area contributed by atoms with Gasteiger partial charge in [0.25, 0.3) is 0 Å². The fourth-order valence-electron chi connectivity index (χ4n) is 2.41. The molecule has 0 aromatic heterocycles. The molecule has 0 saturated carbocycles. The Labute approximate surface area is 97.7 Å². The van der Waals surface area contributed by atoms with Crippen molar-refractivity contribution in [2.75, 3.05) is 0 Å². The first-order valence-corrected chi connectivity index (χ1v) is 9.79. The van der Waals surface area contributed by atoms with Crippen molar-refractivity contribution in [3.63, 3.8) is 0 Å². The molecule has 0 aliphatic rings. The van der Waals surface area contributed by atoms with Gasteiger partial charge in [-0.25, -0.2) is 0 Å². The van der Waals surface area contributed by atoms with Crippen LogP contribution in [0.2, 0.25) is 19.6 Å². The summed E-state index contributed by atoms with van der Waals surface area (Å²) in [4.78, 5) is 0. The SMILES string of the molecule is [CH2]CCC(CCC)(CCC)O[Si](C)(C)C. The minimum absolute atomic E-state index is 0.135. The van der Waals surface area contributed by atoms with E-state index in [4.69, 9.17) is 4.43 Å². The molecule has 0 N–H and O–H groups in total. The van der Waals surface area contributed by atoms with Crippen LogP contribution in [-0.2, 0) is 4.43 Å². The van der Waals surface area contributed by atoms with Crippen LogP contribution >= 0.6 is 0 Å². The van der Waals surface area contributed by atoms with Gasteiger partial charge in [0.05, 0.1) is 5.60 Å². The minimum Gasteiger partial charge on any atom is -0.412 e. The topological polar surface area (TPSA) is 9.23 Å². The molecular weight excluding hydrogens is 200 g/mol. The van der Waals surface area contributed by atoms with Crippen LogP contribution in [0.5, 0.6) is 0 Å². The predicted octanol–water partition coefficient (Wildman–Crippen LogP) is 4.79. The Hall–Kier alpha value is 0.177. The van der Waals surface area contributed by atoms with Crippen LogP contribution in [-0.4, -0.2) is 13.9 Å². The van der Waals surface area contributed by atoms with Crippen LogP contribution in [0.15, 0.2) is 0 Å². The fourth-order valence-corrected chi connectivity index (χ4v) is 4.02. The van der Waals surface area contributed by atoms with Gasteiger partial charge < -0.3 is 4.43 Å². The standard InChI is InChI=1S/C13H29OSi/c1-7-10-13(11-8-2,12-9-3)14-15(4,5)6/h1,7-12H2,2-6H3. The van der Waals surface area contributed by atoms with Crippen molar-refractivity contribution in [1.82, 2.24) is 0 Å². The Morgan fingerprint density at radius 3 is 1.73 bits per heavy atom. The van der Waals surface area contributed by atoms with Gasteiger partial charge in [0.2, 0.25) is 0 Å². The monoisotopic (exact) mass is 229 g/mol. The van der Waals surface area contributed by atoms with Crippen molar-refractivity contribution in [2.45, 2.75) is 77.6 Å². The summed E-state index contributed by atoms with van der Waals surface area (Å²) in [6.07, 6.45) is 6.93. The molecule has 1 nitrogen and oxygen atoms in total. The summed E-state index contributed by atoms with van der Waals surface area (Å²) in [6, 6.07) is 0. The highest BCUT2D eigenvalue weighted by atomic mass is 28.4. The largest absolute Gasteiger partial charge is 0.412 e. The van der Waals surface area contributed by atoms with Crippen LogP contribution in [0.3, 0.4) is 0 Å². The number of hydrogen-bond donors (Lipinski definition) is 0. The van der Waals surface area contributed by atoms with E-state index in [1.807, 2.05) is 0 Å². The molecular formula is C13H29OSi. The molecule has 0 aliphatic carbocycles. The third kappa shape index (κ3) is 6.36. The summed E-state index contributed by atoms with van der Waals surface area (Å²) in [5.41, 5.74) is 0.135. The lowest BCUT2D eigenvalue weighted by atomic mass is 9.88. The molecule has 0 amide bonds. The first-order chi connectivity index (χ1) is 6.89. The Bertz CT molecular complexity index is 143. The Balaban J connectivity index is 4.60. The molecule has 0 aromatic rings. The van der Waals surface area contributed by atoms with E-state index < -0.39 is 8.32 Å². The lowest BCUT2D eigenvalue weighted by Gasteiger charge is -2.39. The lowest BCUT2D eigenvalue weighted by Crippen LogP contribution is -2.42. The molecule has 0 unspecified atom stereocenters. The second kappa shape index (κ2) is 6.69. The zero-order valence-electron chi connectivity index (χ0n) is 11.4. The van der Waals surface area contributed by atoms with E-state index in [1.54, 1.807) is 0 Å². The highest BCUT2D eigenvalue weighted by Gasteiger charge is 2.33. The minimum atomic E-state index is -1.43. The molecule has 0 aliphatic heterocycles. The van der Waals surface area contributed by atoms with Crippen LogP contribution < -0.4 is 0 Å². The molecule has 0 rings (SSSR count). The summed E-state index contributed by atoms with van der Waals surface area (Å²) < 4.78 is 6.45. The van der Waals surface area contributed by atoms with E-state index in [9.17, 15) is 0 Å². The quantitative estimate of drug-likeness (QED) is 0.544. The van der Waals surface area contributed by atoms with Crippen molar-refractivity contribution >= 4 is 8.32 Å². The molecule has 2 heteroatoms. The summed E-state index contributed by atoms with van der Waals surface area (Å²) in [5, 5.41) is 0. The molecule has 0 fully saturated rings. The number of rotatable bonds is 8. The second-order valence-corrected chi connectivity index (χ2v) is 9.93. The van der Waals surface area contributed by atoms with Gasteiger partial charge in [-0.15, -0.1) is 0 Å². The van der Waals surface area contributed by atoms with Crippen LogP contribution in [0.1, 0.15) is 52.4 Å². The number of hydrogen-bond acceptors (Lipinski definition) is 1. The molecule has 0 saturated heterocycles. The first kappa shape index (κ1) is 15.2. The zero-order valence-corrected chi connectivity index (χ0v) is 12.4. The van der Waals surface area contributed by atoms with E-state index in [1.165, 1.54) is 25.7 Å². The van der Waals surface area contributed by atoms with Crippen LogP contribution in [0.25, 0.3) is 0 Å². The van der Waals surface area contributed by atoms with Crippen molar-refractivity contribution in [2.24, 2.45) is 0 Å². The van der Waals surface area contributed by atoms with Gasteiger partial charge in [0.15, 0.2) is 8.32 Å². The molecule has 0 spiro atoms. The summed E-state index contributed by atoms with van der Waals surface area (Å²) >= 11 is 0. The Morgan fingerprint density at radius 2 is 1.47 bits per heavy atom. The second-order valence-electron chi connectivity index (χ2n) is 5.50. The molecule has 1 radical (unpaired) electrons. The lowest BCUT2D eigenvalue weighted by molar-refractivity contribution is 0.0327. The molecule has 0 heterocycles. The van der Waals surface area contributed by atoms with Crippen molar-refractivity contribution < 1.29 is 4.43 Å². The maximum Gasteiger partial charge on any atom is 0.184 e. The van der Waals surface area contributed by atoms with Gasteiger partial charge in [-0.1, -0.05) is 40.0 Å². The molecule has 15 heavy (non-hydrogen) atoms. The Morgan fingerprint density at radius 1 is 1.00 bits per heavy atom. The highest BCUT2D eigenvalue weighted by Crippen LogP contribution is 2.32. The normalized spacial score (nSPS) is 13.2. The predicted molar refractivity (Wildman–Crippen MR) is 71.6 cm³/mol. The molecule has 0 atom stereocenters. The Kier molecular flexibility index (Phi) is 6.77. The summed E-state index contributed by atoms with van der Waals surface area (Å²) in [7, 11) is -1.43. The van der Waals surface area contributed by atoms with Crippen molar-refractivity contribution in [3.05, 3.63) is 6.92 Å². The smallest absolute Gasteiger partial charge is 0.184 e. The maximum atomic E-state index is 6.45. The van der Waals surface area contributed by atoms with E-state index >= 15 is 0 Å². The average Bonchev–Trinajstić information content (AvgIpc) is 2.01. The third-order valence-corrected chi connectivity index (χ3v) is 3.61. The van der Waals surface area contributed by atoms with Crippen LogP contribution in [0.4, 0.5) is 0 Å². The van der Waals surface area contributed by atoms with E-state index in [-0.39, 0.29) is 5.60 Å². The van der Waals surface area contributed by atoms with Crippen molar-refractivity contribution in [1.29, 1.82) is 0 Å². The van der Waals surface area contributed by atoms with E-state index in [0.29, 0.717) is 0 Å². The van der Waals surface area contributed by atoms with Gasteiger partial charge in [0.1, 0.15) is 0 Å². The molecule has 91 valence electrons. The van der Waals surface area contributed by atoms with Gasteiger partial charge in [-0.2, -0.15) is 0 Å². The third-order valence-electron chi connectivity index (χ3n) is 2.57. The van der Waals surface area contributed by atoms with Crippen LogP contribution in [0, 0.1) is 6.92 Å². The van der Waals surface area contributed by atoms with Gasteiger partial charge in [-0.3, -0.25) is 0 Å². The molecule has 0 aromatic carbocycles. The average molecular weight is 229 g/mol. The molecule has 0 bridgehead atoms. The van der Waals surface area contributed by atoms with Crippen molar-refractivity contribution in [3.8, 4) is 0 Å². The van der Waals surface area contributed by atoms with Gasteiger partial charge in [0, 0.05) is 0 Å². The zero-order chi connectivity index (χ0) is 11.9. The maximum absolute atomic E-state index is 6.45. The van der Waals surface area contributed by atoms with E-state index in [0.717, 1.165) is 12.8 Å². The summed E-state index contributed by atoms with van der Waals surface area (Å²) in [5.74, 6) is 0. The fraction of sp³-hybridized carbons (Fsp3) is 0.923.